The molecule has 36 heavy (non-hydrogen) atoms. The first-order valence-electron chi connectivity index (χ1n) is 11.4. The summed E-state index contributed by atoms with van der Waals surface area (Å²) >= 11 is 0. The third-order valence-electron chi connectivity index (χ3n) is 5.53. The van der Waals surface area contributed by atoms with Crippen molar-refractivity contribution < 1.29 is 0 Å². The molecule has 3 aromatic carbocycles. The lowest BCUT2D eigenvalue weighted by atomic mass is 10.0. The van der Waals surface area contributed by atoms with Crippen molar-refractivity contribution >= 4 is 34.9 Å². The molecule has 1 aromatic heterocycles. The maximum absolute atomic E-state index is 9.03. The number of hydrogen-bond acceptors (Lipinski definition) is 7. The average molecular weight is 472 g/mol. The molecule has 0 amide bonds. The molecule has 0 saturated carbocycles. The highest BCUT2D eigenvalue weighted by Crippen LogP contribution is 2.30. The second-order valence-electron chi connectivity index (χ2n) is 8.23. The Kier molecular flexibility index (Phi) is 7.55. The van der Waals surface area contributed by atoms with Gasteiger partial charge in [-0.1, -0.05) is 30.3 Å². The van der Waals surface area contributed by atoms with Crippen molar-refractivity contribution in [2.45, 2.75) is 20.4 Å². The Balaban J connectivity index is 1.65. The maximum Gasteiger partial charge on any atom is 0.229 e. The van der Waals surface area contributed by atoms with E-state index in [4.69, 9.17) is 15.5 Å². The van der Waals surface area contributed by atoms with Crippen LogP contribution in [0.15, 0.2) is 79.0 Å². The summed E-state index contributed by atoms with van der Waals surface area (Å²) in [5.74, 6) is 1.06. The largest absolute Gasteiger partial charge is 0.377 e. The number of rotatable bonds is 8. The van der Waals surface area contributed by atoms with Gasteiger partial charge in [0.2, 0.25) is 5.95 Å². The van der Waals surface area contributed by atoms with E-state index in [0.717, 1.165) is 39.3 Å². The highest BCUT2D eigenvalue weighted by Gasteiger charge is 2.12. The molecule has 0 aliphatic heterocycles. The van der Waals surface area contributed by atoms with Crippen LogP contribution in [0.1, 0.15) is 27.8 Å². The Morgan fingerprint density at radius 2 is 1.64 bits per heavy atom. The topological polar surface area (TPSA) is 109 Å². The Morgan fingerprint density at radius 3 is 2.31 bits per heavy atom. The molecular formula is C29H25N7. The molecule has 0 aliphatic carbocycles. The van der Waals surface area contributed by atoms with Crippen LogP contribution in [0, 0.1) is 36.5 Å². The van der Waals surface area contributed by atoms with Crippen molar-refractivity contribution in [3.8, 4) is 12.1 Å². The summed E-state index contributed by atoms with van der Waals surface area (Å²) in [6.45, 7) is 4.66. The lowest BCUT2D eigenvalue weighted by Crippen LogP contribution is -2.08. The normalized spacial score (nSPS) is 10.4. The molecule has 0 fully saturated rings. The van der Waals surface area contributed by atoms with E-state index in [1.165, 1.54) is 6.08 Å². The number of nitrogens with one attached hydrogen (secondary N) is 3. The Morgan fingerprint density at radius 1 is 0.917 bits per heavy atom. The highest BCUT2D eigenvalue weighted by molar-refractivity contribution is 5.76. The van der Waals surface area contributed by atoms with Gasteiger partial charge in [-0.05, 0) is 78.6 Å². The first-order valence-corrected chi connectivity index (χ1v) is 11.4. The molecule has 0 saturated heterocycles. The zero-order valence-electron chi connectivity index (χ0n) is 20.1. The van der Waals surface area contributed by atoms with Gasteiger partial charge < -0.3 is 16.0 Å². The van der Waals surface area contributed by atoms with Crippen LogP contribution in [0.4, 0.5) is 28.8 Å². The molecule has 7 heteroatoms. The standard InChI is InChI=1S/C29H25N7/c1-20-15-24(9-6-14-30)16-21(2)27(20)35-28-26(32-18-23-7-4-3-5-8-23)19-33-29(36-28)34-25-12-10-22(17-31)11-13-25/h3-13,15-16,19,32H,18H2,1-2H3,(H2,33,34,35,36)/b9-6+. The van der Waals surface area contributed by atoms with Crippen LogP contribution in [-0.4, -0.2) is 9.97 Å². The number of nitriles is 2. The summed E-state index contributed by atoms with van der Waals surface area (Å²) in [7, 11) is 0. The van der Waals surface area contributed by atoms with Crippen LogP contribution in [0.3, 0.4) is 0 Å². The summed E-state index contributed by atoms with van der Waals surface area (Å²) in [6.07, 6.45) is 5.01. The molecule has 4 rings (SSSR count). The number of hydrogen-bond donors (Lipinski definition) is 3. The number of benzene rings is 3. The predicted octanol–water partition coefficient (Wildman–Crippen LogP) is 6.60. The molecule has 0 bridgehead atoms. The molecule has 1 heterocycles. The van der Waals surface area contributed by atoms with E-state index < -0.39 is 0 Å². The smallest absolute Gasteiger partial charge is 0.229 e. The second-order valence-corrected chi connectivity index (χ2v) is 8.23. The maximum atomic E-state index is 9.03. The minimum Gasteiger partial charge on any atom is -0.377 e. The van der Waals surface area contributed by atoms with Gasteiger partial charge in [0, 0.05) is 24.0 Å². The number of allylic oxidation sites excluding steroid dienone is 1. The SMILES string of the molecule is Cc1cc(/C=C/C#N)cc(C)c1Nc1nc(Nc2ccc(C#N)cc2)ncc1NCc1ccccc1. The van der Waals surface area contributed by atoms with Gasteiger partial charge >= 0.3 is 0 Å². The minimum absolute atomic E-state index is 0.427. The molecule has 3 N–H and O–H groups in total. The Hall–Kier alpha value is -5.14. The highest BCUT2D eigenvalue weighted by atomic mass is 15.2. The Labute approximate surface area is 210 Å². The third kappa shape index (κ3) is 6.05. The molecule has 0 radical (unpaired) electrons. The van der Waals surface area contributed by atoms with Crippen molar-refractivity contribution in [3.63, 3.8) is 0 Å². The van der Waals surface area contributed by atoms with Gasteiger partial charge in [-0.2, -0.15) is 15.5 Å². The van der Waals surface area contributed by atoms with Gasteiger partial charge in [-0.25, -0.2) is 4.98 Å². The van der Waals surface area contributed by atoms with Crippen molar-refractivity contribution in [2.75, 3.05) is 16.0 Å². The fourth-order valence-corrected chi connectivity index (χ4v) is 3.76. The fraction of sp³-hybridized carbons (Fsp3) is 0.103. The number of nitrogens with zero attached hydrogens (tertiary/aromatic N) is 4. The average Bonchev–Trinajstić information content (AvgIpc) is 2.90. The molecule has 0 spiro atoms. The first-order chi connectivity index (χ1) is 17.6. The Bertz CT molecular complexity index is 1440. The first kappa shape index (κ1) is 24.0. The van der Waals surface area contributed by atoms with E-state index in [1.54, 1.807) is 24.4 Å². The van der Waals surface area contributed by atoms with Gasteiger partial charge in [0.15, 0.2) is 5.82 Å². The third-order valence-corrected chi connectivity index (χ3v) is 5.53. The van der Waals surface area contributed by atoms with Crippen LogP contribution < -0.4 is 16.0 Å². The van der Waals surface area contributed by atoms with E-state index in [-0.39, 0.29) is 0 Å². The summed E-state index contributed by atoms with van der Waals surface area (Å²) in [6, 6.07) is 25.4. The van der Waals surface area contributed by atoms with E-state index in [2.05, 4.69) is 39.1 Å². The van der Waals surface area contributed by atoms with Crippen molar-refractivity contribution in [1.82, 2.24) is 9.97 Å². The summed E-state index contributed by atoms with van der Waals surface area (Å²) in [5.41, 5.74) is 7.24. The van der Waals surface area contributed by atoms with Crippen LogP contribution in [-0.2, 0) is 6.54 Å². The van der Waals surface area contributed by atoms with Gasteiger partial charge in [0.25, 0.3) is 0 Å². The van der Waals surface area contributed by atoms with Crippen LogP contribution in [0.25, 0.3) is 6.08 Å². The zero-order valence-corrected chi connectivity index (χ0v) is 20.1. The number of aryl methyl sites for hydroxylation is 2. The number of anilines is 5. The quantitative estimate of drug-likeness (QED) is 0.248. The van der Waals surface area contributed by atoms with Crippen molar-refractivity contribution in [1.29, 1.82) is 10.5 Å². The number of aromatic nitrogens is 2. The summed E-state index contributed by atoms with van der Waals surface area (Å²) in [5, 5.41) is 28.0. The predicted molar refractivity (Wildman–Crippen MR) is 144 cm³/mol. The second kappa shape index (κ2) is 11.3. The fourth-order valence-electron chi connectivity index (χ4n) is 3.76. The summed E-state index contributed by atoms with van der Waals surface area (Å²) < 4.78 is 0. The van der Waals surface area contributed by atoms with Crippen LogP contribution in [0.2, 0.25) is 0 Å². The van der Waals surface area contributed by atoms with Crippen LogP contribution in [0.5, 0.6) is 0 Å². The molecule has 0 aliphatic rings. The molecule has 7 nitrogen and oxygen atoms in total. The van der Waals surface area contributed by atoms with E-state index in [1.807, 2.05) is 62.4 Å². The van der Waals surface area contributed by atoms with E-state index >= 15 is 0 Å². The van der Waals surface area contributed by atoms with Crippen molar-refractivity contribution in [2.24, 2.45) is 0 Å². The molecule has 176 valence electrons. The molecular weight excluding hydrogens is 446 g/mol. The summed E-state index contributed by atoms with van der Waals surface area (Å²) in [4.78, 5) is 9.25. The van der Waals surface area contributed by atoms with E-state index in [9.17, 15) is 0 Å². The monoisotopic (exact) mass is 471 g/mol. The van der Waals surface area contributed by atoms with Gasteiger partial charge in [-0.15, -0.1) is 0 Å². The zero-order chi connectivity index (χ0) is 25.3. The minimum atomic E-state index is 0.427. The van der Waals surface area contributed by atoms with Gasteiger partial charge in [0.05, 0.1) is 29.6 Å². The molecule has 0 unspecified atom stereocenters. The lowest BCUT2D eigenvalue weighted by Gasteiger charge is -2.18. The van der Waals surface area contributed by atoms with Gasteiger partial charge in [-0.3, -0.25) is 0 Å². The van der Waals surface area contributed by atoms with Crippen LogP contribution >= 0.6 is 0 Å². The van der Waals surface area contributed by atoms with Gasteiger partial charge in [0.1, 0.15) is 0 Å². The van der Waals surface area contributed by atoms with Crippen molar-refractivity contribution in [3.05, 3.63) is 107 Å². The lowest BCUT2D eigenvalue weighted by molar-refractivity contribution is 1.10. The van der Waals surface area contributed by atoms with E-state index in [0.29, 0.717) is 23.9 Å². The molecule has 4 aromatic rings. The molecule has 0 atom stereocenters.